The molecule has 0 bridgehead atoms. The molecule has 1 aliphatic carbocycles. The number of nitrogens with zero attached hydrogens (tertiary/aromatic N) is 4. The largest absolute Gasteiger partial charge is 0.491 e. The molecule has 1 aromatic heterocycles. The number of thioether (sulfide) groups is 1. The average molecular weight is 526 g/mol. The summed E-state index contributed by atoms with van der Waals surface area (Å²) in [4.78, 5) is 17.4. The molecule has 8 heteroatoms. The molecule has 2 aromatic carbocycles. The van der Waals surface area contributed by atoms with Gasteiger partial charge in [-0.2, -0.15) is 15.1 Å². The van der Waals surface area contributed by atoms with E-state index in [1.165, 1.54) is 31.0 Å². The number of amidine groups is 2. The van der Waals surface area contributed by atoms with E-state index >= 15 is 0 Å². The van der Waals surface area contributed by atoms with Gasteiger partial charge >= 0.3 is 0 Å². The Balaban J connectivity index is 1.26. The Kier molecular flexibility index (Phi) is 6.66. The van der Waals surface area contributed by atoms with Gasteiger partial charge in [0.25, 0.3) is 5.91 Å². The highest BCUT2D eigenvalue weighted by molar-refractivity contribution is 8.27. The fraction of sp³-hybridized carbons (Fsp3) is 0.333. The van der Waals surface area contributed by atoms with Crippen LogP contribution in [-0.4, -0.2) is 38.1 Å². The van der Waals surface area contributed by atoms with E-state index in [9.17, 15) is 4.79 Å². The van der Waals surface area contributed by atoms with Crippen LogP contribution in [0.2, 0.25) is 0 Å². The van der Waals surface area contributed by atoms with Gasteiger partial charge in [0.05, 0.1) is 12.1 Å². The number of hydrogen-bond acceptors (Lipinski definition) is 5. The number of benzene rings is 2. The van der Waals surface area contributed by atoms with Crippen molar-refractivity contribution < 1.29 is 9.53 Å². The van der Waals surface area contributed by atoms with E-state index < -0.39 is 0 Å². The molecule has 0 radical (unpaired) electrons. The smallest absolute Gasteiger partial charge is 0.283 e. The predicted molar refractivity (Wildman–Crippen MR) is 155 cm³/mol. The first kappa shape index (κ1) is 24.7. The number of carbonyl (C=O) groups excluding carboxylic acids is 1. The number of rotatable bonds is 6. The maximum atomic E-state index is 13.1. The lowest BCUT2D eigenvalue weighted by Crippen LogP contribution is -2.35. The Morgan fingerprint density at radius 1 is 1.08 bits per heavy atom. The minimum atomic E-state index is -0.385. The van der Waals surface area contributed by atoms with E-state index in [1.807, 2.05) is 30.5 Å². The van der Waals surface area contributed by atoms with Gasteiger partial charge in [-0.3, -0.25) is 10.2 Å². The molecular weight excluding hydrogens is 494 g/mol. The number of hydrogen-bond donors (Lipinski definition) is 1. The number of aliphatic imine (C=N–C) groups is 1. The van der Waals surface area contributed by atoms with Crippen molar-refractivity contribution in [2.24, 2.45) is 16.0 Å². The summed E-state index contributed by atoms with van der Waals surface area (Å²) in [5, 5.41) is 17.6. The van der Waals surface area contributed by atoms with Gasteiger partial charge in [-0.25, -0.2) is 0 Å². The highest BCUT2D eigenvalue weighted by Crippen LogP contribution is 2.36. The summed E-state index contributed by atoms with van der Waals surface area (Å²) in [7, 11) is 0. The third-order valence-corrected chi connectivity index (χ3v) is 8.60. The van der Waals surface area contributed by atoms with Crippen LogP contribution in [0.3, 0.4) is 0 Å². The number of ether oxygens (including phenoxy) is 1. The van der Waals surface area contributed by atoms with Crippen LogP contribution >= 0.6 is 11.8 Å². The van der Waals surface area contributed by atoms with Crippen molar-refractivity contribution in [2.45, 2.75) is 52.5 Å². The molecule has 0 spiro atoms. The van der Waals surface area contributed by atoms with Crippen molar-refractivity contribution in [1.82, 2.24) is 9.58 Å². The van der Waals surface area contributed by atoms with Gasteiger partial charge < -0.3 is 9.30 Å². The van der Waals surface area contributed by atoms with Crippen LogP contribution < -0.4 is 4.74 Å². The molecule has 3 aliphatic rings. The molecule has 1 fully saturated rings. The fourth-order valence-corrected chi connectivity index (χ4v) is 6.58. The fourth-order valence-electron chi connectivity index (χ4n) is 5.53. The first-order chi connectivity index (χ1) is 18.5. The lowest BCUT2D eigenvalue weighted by molar-refractivity contribution is -0.114. The topological polar surface area (TPSA) is 83.0 Å². The summed E-state index contributed by atoms with van der Waals surface area (Å²) in [6, 6.07) is 14.3. The summed E-state index contributed by atoms with van der Waals surface area (Å²) in [6.45, 7) is 5.29. The minimum absolute atomic E-state index is 0.0912. The number of amides is 1. The Morgan fingerprint density at radius 2 is 1.84 bits per heavy atom. The van der Waals surface area contributed by atoms with E-state index in [2.05, 4.69) is 41.6 Å². The number of nitrogens with one attached hydrogen (secondary N) is 1. The Hall–Kier alpha value is -3.65. The van der Waals surface area contributed by atoms with Crippen LogP contribution in [0.15, 0.2) is 64.3 Å². The molecule has 1 N–H and O–H groups in total. The number of carbonyl (C=O) groups is 1. The van der Waals surface area contributed by atoms with Crippen molar-refractivity contribution in [3.05, 3.63) is 70.9 Å². The van der Waals surface area contributed by atoms with Gasteiger partial charge in [-0.15, -0.1) is 0 Å². The number of para-hydroxylation sites is 2. The first-order valence-corrected chi connectivity index (χ1v) is 14.1. The lowest BCUT2D eigenvalue weighted by Gasteiger charge is -2.20. The van der Waals surface area contributed by atoms with Crippen molar-refractivity contribution in [1.29, 1.82) is 5.41 Å². The summed E-state index contributed by atoms with van der Waals surface area (Å²) in [5.74, 6) is 1.04. The highest BCUT2D eigenvalue weighted by atomic mass is 32.2. The molecule has 6 rings (SSSR count). The first-order valence-electron chi connectivity index (χ1n) is 13.3. The zero-order chi connectivity index (χ0) is 26.2. The molecule has 1 amide bonds. The second kappa shape index (κ2) is 10.3. The molecular formula is C30H31N5O2S. The van der Waals surface area contributed by atoms with E-state index in [0.29, 0.717) is 24.2 Å². The van der Waals surface area contributed by atoms with Crippen molar-refractivity contribution in [3.8, 4) is 5.75 Å². The molecule has 0 atom stereocenters. The third kappa shape index (κ3) is 4.58. The highest BCUT2D eigenvalue weighted by Gasteiger charge is 2.38. The van der Waals surface area contributed by atoms with Crippen molar-refractivity contribution >= 4 is 50.7 Å². The van der Waals surface area contributed by atoms with Gasteiger partial charge in [0.1, 0.15) is 17.4 Å². The van der Waals surface area contributed by atoms with E-state index in [1.54, 1.807) is 11.1 Å². The predicted octanol–water partition coefficient (Wildman–Crippen LogP) is 6.54. The van der Waals surface area contributed by atoms with Gasteiger partial charge in [-0.1, -0.05) is 55.7 Å². The van der Waals surface area contributed by atoms with Crippen molar-refractivity contribution in [3.63, 3.8) is 0 Å². The van der Waals surface area contributed by atoms with Crippen LogP contribution in [0, 0.1) is 25.2 Å². The van der Waals surface area contributed by atoms with Crippen LogP contribution in [0.5, 0.6) is 5.75 Å². The van der Waals surface area contributed by atoms with Gasteiger partial charge in [0.2, 0.25) is 5.17 Å². The molecule has 194 valence electrons. The SMILES string of the molecule is Cc1cccc(C)c1OCCn1cc(C=C2C(=N)N3N=C(C4CCCCC4)SC3=NC2=O)c2ccccc21. The van der Waals surface area contributed by atoms with E-state index in [-0.39, 0.29) is 17.3 Å². The molecule has 7 nitrogen and oxygen atoms in total. The standard InChI is InChI=1S/C30H31N5O2S/c1-19-9-8-10-20(2)26(19)37-16-15-34-18-22(23-13-6-7-14-25(23)34)17-24-27(31)35-30(32-28(24)36)38-29(33-35)21-11-4-3-5-12-21/h6-10,13-14,17-18,21,31H,3-5,11-12,15-16H2,1-2H3. The quantitative estimate of drug-likeness (QED) is 0.371. The molecule has 2 aliphatic heterocycles. The van der Waals surface area contributed by atoms with Gasteiger partial charge in [-0.05, 0) is 61.7 Å². The second-order valence-corrected chi connectivity index (χ2v) is 11.1. The maximum absolute atomic E-state index is 13.1. The molecule has 38 heavy (non-hydrogen) atoms. The maximum Gasteiger partial charge on any atom is 0.283 e. The van der Waals surface area contributed by atoms with Crippen LogP contribution in [0.25, 0.3) is 17.0 Å². The third-order valence-electron chi connectivity index (χ3n) is 7.53. The number of aryl methyl sites for hydroxylation is 2. The normalized spacial score (nSPS) is 19.2. The monoisotopic (exact) mass is 525 g/mol. The molecule has 0 saturated heterocycles. The summed E-state index contributed by atoms with van der Waals surface area (Å²) in [5.41, 5.74) is 4.44. The summed E-state index contributed by atoms with van der Waals surface area (Å²) in [6.07, 6.45) is 9.73. The van der Waals surface area contributed by atoms with Crippen LogP contribution in [0.4, 0.5) is 0 Å². The van der Waals surface area contributed by atoms with E-state index in [4.69, 9.17) is 15.2 Å². The minimum Gasteiger partial charge on any atom is -0.491 e. The van der Waals surface area contributed by atoms with Crippen molar-refractivity contribution in [2.75, 3.05) is 6.61 Å². The Bertz CT molecular complexity index is 1510. The molecule has 3 heterocycles. The summed E-state index contributed by atoms with van der Waals surface area (Å²) < 4.78 is 8.30. The van der Waals surface area contributed by atoms with Gasteiger partial charge in [0, 0.05) is 28.6 Å². The van der Waals surface area contributed by atoms with Crippen LogP contribution in [-0.2, 0) is 11.3 Å². The number of hydrazone groups is 1. The summed E-state index contributed by atoms with van der Waals surface area (Å²) >= 11 is 1.45. The van der Waals surface area contributed by atoms with Gasteiger partial charge in [0.15, 0.2) is 5.84 Å². The zero-order valence-electron chi connectivity index (χ0n) is 21.7. The number of aromatic nitrogens is 1. The van der Waals surface area contributed by atoms with Crippen LogP contribution in [0.1, 0.15) is 48.8 Å². The lowest BCUT2D eigenvalue weighted by atomic mass is 9.90. The second-order valence-electron chi connectivity index (χ2n) is 10.2. The zero-order valence-corrected chi connectivity index (χ0v) is 22.6. The number of fused-ring (bicyclic) bond motifs is 2. The molecule has 0 unspecified atom stereocenters. The Labute approximate surface area is 226 Å². The molecule has 3 aromatic rings. The average Bonchev–Trinajstić information content (AvgIpc) is 3.51. The Morgan fingerprint density at radius 3 is 2.63 bits per heavy atom. The van der Waals surface area contributed by atoms with E-state index in [0.717, 1.165) is 51.2 Å². The molecule has 1 saturated carbocycles.